The molecular formula is C13H20ClN3O. The lowest BCUT2D eigenvalue weighted by atomic mass is 10.2. The van der Waals surface area contributed by atoms with Crippen molar-refractivity contribution in [2.24, 2.45) is 0 Å². The molecular weight excluding hydrogens is 250 g/mol. The lowest BCUT2D eigenvalue weighted by Gasteiger charge is -2.23. The smallest absolute Gasteiger partial charge is 0.239 e. The summed E-state index contributed by atoms with van der Waals surface area (Å²) in [6.07, 6.45) is 3.30. The van der Waals surface area contributed by atoms with E-state index in [1.54, 1.807) is 12.4 Å². The molecule has 0 bridgehead atoms. The number of hydrogen-bond acceptors (Lipinski definition) is 3. The fourth-order valence-electron chi connectivity index (χ4n) is 1.71. The summed E-state index contributed by atoms with van der Waals surface area (Å²) in [5, 5.41) is 3.80. The number of carbonyl (C=O) groups excluding carboxylic acids is 1. The largest absolute Gasteiger partial charge is 0.342 e. The van der Waals surface area contributed by atoms with Crippen molar-refractivity contribution in [2.75, 3.05) is 13.1 Å². The van der Waals surface area contributed by atoms with E-state index in [0.29, 0.717) is 11.6 Å². The fraction of sp³-hybridized carbons (Fsp3) is 0.538. The molecule has 0 spiro atoms. The Hall–Kier alpha value is -1.13. The molecule has 4 nitrogen and oxygen atoms in total. The van der Waals surface area contributed by atoms with Crippen LogP contribution in [0.2, 0.25) is 5.02 Å². The van der Waals surface area contributed by atoms with Crippen molar-refractivity contribution in [3.8, 4) is 0 Å². The van der Waals surface area contributed by atoms with Gasteiger partial charge in [-0.2, -0.15) is 0 Å². The molecule has 0 saturated carbocycles. The second-order valence-corrected chi connectivity index (χ2v) is 4.49. The number of aromatic nitrogens is 1. The summed E-state index contributed by atoms with van der Waals surface area (Å²) in [5.74, 6) is 0.116. The van der Waals surface area contributed by atoms with Crippen LogP contribution in [0.5, 0.6) is 0 Å². The maximum Gasteiger partial charge on any atom is 0.239 e. The van der Waals surface area contributed by atoms with Crippen LogP contribution in [-0.4, -0.2) is 34.9 Å². The van der Waals surface area contributed by atoms with Crippen LogP contribution in [0.3, 0.4) is 0 Å². The molecule has 1 N–H and O–H groups in total. The molecule has 1 rings (SSSR count). The van der Waals surface area contributed by atoms with E-state index < -0.39 is 0 Å². The zero-order chi connectivity index (χ0) is 13.5. The average Bonchev–Trinajstić information content (AvgIpc) is 2.38. The van der Waals surface area contributed by atoms with Gasteiger partial charge in [0.2, 0.25) is 5.91 Å². The van der Waals surface area contributed by atoms with Crippen LogP contribution >= 0.6 is 11.6 Å². The molecule has 0 aromatic carbocycles. The van der Waals surface area contributed by atoms with Crippen LogP contribution in [-0.2, 0) is 11.3 Å². The third-order valence-corrected chi connectivity index (χ3v) is 3.24. The highest BCUT2D eigenvalue weighted by atomic mass is 35.5. The van der Waals surface area contributed by atoms with Crippen molar-refractivity contribution in [3.05, 3.63) is 29.0 Å². The first-order valence-electron chi connectivity index (χ1n) is 6.20. The van der Waals surface area contributed by atoms with E-state index in [0.717, 1.165) is 18.7 Å². The number of amides is 1. The molecule has 1 atom stereocenters. The minimum absolute atomic E-state index is 0.116. The minimum Gasteiger partial charge on any atom is -0.342 e. The molecule has 0 aliphatic carbocycles. The van der Waals surface area contributed by atoms with Gasteiger partial charge in [-0.3, -0.25) is 9.78 Å². The molecule has 1 unspecified atom stereocenters. The first-order valence-corrected chi connectivity index (χ1v) is 6.58. The van der Waals surface area contributed by atoms with Crippen molar-refractivity contribution in [2.45, 2.75) is 33.4 Å². The first-order chi connectivity index (χ1) is 8.60. The molecule has 0 aliphatic heterocycles. The molecule has 1 amide bonds. The predicted octanol–water partition coefficient (Wildman–Crippen LogP) is 2.08. The Morgan fingerprint density at radius 1 is 1.50 bits per heavy atom. The van der Waals surface area contributed by atoms with Crippen molar-refractivity contribution in [3.63, 3.8) is 0 Å². The van der Waals surface area contributed by atoms with Crippen LogP contribution in [0.4, 0.5) is 0 Å². The predicted molar refractivity (Wildman–Crippen MR) is 73.5 cm³/mol. The first kappa shape index (κ1) is 14.9. The summed E-state index contributed by atoms with van der Waals surface area (Å²) < 4.78 is 0. The maximum atomic E-state index is 12.0. The zero-order valence-electron chi connectivity index (χ0n) is 11.1. The number of nitrogens with one attached hydrogen (secondary N) is 1. The van der Waals surface area contributed by atoms with E-state index in [4.69, 9.17) is 11.6 Å². The Morgan fingerprint density at radius 3 is 2.72 bits per heavy atom. The van der Waals surface area contributed by atoms with Gasteiger partial charge in [0, 0.05) is 32.0 Å². The van der Waals surface area contributed by atoms with Crippen molar-refractivity contribution >= 4 is 17.5 Å². The van der Waals surface area contributed by atoms with Gasteiger partial charge in [-0.15, -0.1) is 0 Å². The normalized spacial score (nSPS) is 12.2. The summed E-state index contributed by atoms with van der Waals surface area (Å²) in [6.45, 7) is 7.86. The van der Waals surface area contributed by atoms with Crippen molar-refractivity contribution in [1.29, 1.82) is 0 Å². The number of rotatable bonds is 6. The molecule has 0 saturated heterocycles. The van der Waals surface area contributed by atoms with Gasteiger partial charge in [0.15, 0.2) is 0 Å². The average molecular weight is 270 g/mol. The lowest BCUT2D eigenvalue weighted by Crippen LogP contribution is -2.44. The summed E-state index contributed by atoms with van der Waals surface area (Å²) >= 11 is 6.01. The van der Waals surface area contributed by atoms with E-state index in [1.807, 2.05) is 31.7 Å². The van der Waals surface area contributed by atoms with Gasteiger partial charge >= 0.3 is 0 Å². The van der Waals surface area contributed by atoms with Gasteiger partial charge in [-0.05, 0) is 32.4 Å². The Bertz CT molecular complexity index is 394. The number of pyridine rings is 1. The monoisotopic (exact) mass is 269 g/mol. The van der Waals surface area contributed by atoms with Gasteiger partial charge in [-0.25, -0.2) is 0 Å². The fourth-order valence-corrected chi connectivity index (χ4v) is 1.89. The highest BCUT2D eigenvalue weighted by Gasteiger charge is 2.17. The van der Waals surface area contributed by atoms with E-state index >= 15 is 0 Å². The van der Waals surface area contributed by atoms with Crippen LogP contribution in [0.1, 0.15) is 26.3 Å². The summed E-state index contributed by atoms with van der Waals surface area (Å²) in [5.41, 5.74) is 0.950. The molecule has 1 aromatic rings. The van der Waals surface area contributed by atoms with Crippen LogP contribution in [0.15, 0.2) is 18.5 Å². The van der Waals surface area contributed by atoms with Crippen LogP contribution in [0.25, 0.3) is 0 Å². The molecule has 100 valence electrons. The second kappa shape index (κ2) is 7.34. The molecule has 0 fully saturated rings. The van der Waals surface area contributed by atoms with E-state index in [1.165, 1.54) is 0 Å². The molecule has 5 heteroatoms. The molecule has 18 heavy (non-hydrogen) atoms. The number of nitrogens with zero attached hydrogens (tertiary/aromatic N) is 2. The quantitative estimate of drug-likeness (QED) is 0.860. The Kier molecular flexibility index (Phi) is 6.09. The maximum absolute atomic E-state index is 12.0. The summed E-state index contributed by atoms with van der Waals surface area (Å²) in [4.78, 5) is 17.8. The lowest BCUT2D eigenvalue weighted by molar-refractivity contribution is -0.132. The molecule has 0 radical (unpaired) electrons. The van der Waals surface area contributed by atoms with Crippen molar-refractivity contribution < 1.29 is 4.79 Å². The number of carbonyl (C=O) groups is 1. The topological polar surface area (TPSA) is 45.2 Å². The van der Waals surface area contributed by atoms with Gasteiger partial charge in [0.25, 0.3) is 0 Å². The number of hydrogen-bond donors (Lipinski definition) is 1. The van der Waals surface area contributed by atoms with E-state index in [-0.39, 0.29) is 11.9 Å². The van der Waals surface area contributed by atoms with Gasteiger partial charge < -0.3 is 10.2 Å². The van der Waals surface area contributed by atoms with Crippen LogP contribution in [0, 0.1) is 0 Å². The van der Waals surface area contributed by atoms with Crippen LogP contribution < -0.4 is 5.32 Å². The standard InChI is InChI=1S/C13H20ClN3O/c1-4-17(5-2)13(18)10(3)16-8-11-6-7-15-9-12(11)14/h6-7,9-10,16H,4-5,8H2,1-3H3. The van der Waals surface area contributed by atoms with Gasteiger partial charge in [-0.1, -0.05) is 11.6 Å². The van der Waals surface area contributed by atoms with E-state index in [9.17, 15) is 4.79 Å². The molecule has 0 aliphatic rings. The SMILES string of the molecule is CCN(CC)C(=O)C(C)NCc1ccncc1Cl. The van der Waals surface area contributed by atoms with Gasteiger partial charge in [0.1, 0.15) is 0 Å². The van der Waals surface area contributed by atoms with Gasteiger partial charge in [0.05, 0.1) is 11.1 Å². The number of halogens is 1. The highest BCUT2D eigenvalue weighted by molar-refractivity contribution is 6.31. The van der Waals surface area contributed by atoms with E-state index in [2.05, 4.69) is 10.3 Å². The Labute approximate surface area is 113 Å². The zero-order valence-corrected chi connectivity index (χ0v) is 11.9. The van der Waals surface area contributed by atoms with Crippen molar-refractivity contribution in [1.82, 2.24) is 15.2 Å². The molecule has 1 heterocycles. The Balaban J connectivity index is 2.53. The third kappa shape index (κ3) is 3.96. The summed E-state index contributed by atoms with van der Waals surface area (Å²) in [6, 6.07) is 1.64. The highest BCUT2D eigenvalue weighted by Crippen LogP contribution is 2.13. The third-order valence-electron chi connectivity index (χ3n) is 2.90. The number of likely N-dealkylation sites (N-methyl/N-ethyl adjacent to an activating group) is 1. The summed E-state index contributed by atoms with van der Waals surface area (Å²) in [7, 11) is 0. The molecule has 1 aromatic heterocycles. The second-order valence-electron chi connectivity index (χ2n) is 4.08. The Morgan fingerprint density at radius 2 is 2.17 bits per heavy atom. The minimum atomic E-state index is -0.214.